The third-order valence-electron chi connectivity index (χ3n) is 3.80. The van der Waals surface area contributed by atoms with Gasteiger partial charge < -0.3 is 5.32 Å². The summed E-state index contributed by atoms with van der Waals surface area (Å²) in [5.74, 6) is 1.63. The summed E-state index contributed by atoms with van der Waals surface area (Å²) in [6.07, 6.45) is 3.70. The third kappa shape index (κ3) is 2.57. The summed E-state index contributed by atoms with van der Waals surface area (Å²) in [5, 5.41) is 15.0. The standard InChI is InChI=1S/C15H17N3O2/c1-2-3-10-9-14(10)17-15-7-4-11-8-12(18(19)20)5-6-13(11)16-15/h4-8,10,14H,2-3,9H2,1H3,(H,16,17). The molecule has 1 saturated carbocycles. The molecule has 1 aliphatic carbocycles. The van der Waals surface area contributed by atoms with Crippen molar-refractivity contribution in [2.75, 3.05) is 5.32 Å². The Morgan fingerprint density at radius 2 is 2.25 bits per heavy atom. The lowest BCUT2D eigenvalue weighted by Gasteiger charge is -2.06. The molecule has 1 N–H and O–H groups in total. The van der Waals surface area contributed by atoms with Gasteiger partial charge in [-0.05, 0) is 37.0 Å². The number of rotatable bonds is 5. The van der Waals surface area contributed by atoms with Crippen molar-refractivity contribution in [3.8, 4) is 0 Å². The first-order valence-corrected chi connectivity index (χ1v) is 6.99. The van der Waals surface area contributed by atoms with Crippen molar-refractivity contribution in [1.29, 1.82) is 0 Å². The van der Waals surface area contributed by atoms with Crippen molar-refractivity contribution in [3.05, 3.63) is 40.4 Å². The number of nitrogens with zero attached hydrogens (tertiary/aromatic N) is 2. The van der Waals surface area contributed by atoms with Crippen LogP contribution in [0.3, 0.4) is 0 Å². The predicted octanol–water partition coefficient (Wildman–Crippen LogP) is 3.74. The van der Waals surface area contributed by atoms with Gasteiger partial charge in [0.1, 0.15) is 5.82 Å². The van der Waals surface area contributed by atoms with E-state index in [4.69, 9.17) is 0 Å². The minimum absolute atomic E-state index is 0.102. The molecule has 5 nitrogen and oxygen atoms in total. The van der Waals surface area contributed by atoms with E-state index in [1.54, 1.807) is 12.1 Å². The van der Waals surface area contributed by atoms with Crippen LogP contribution < -0.4 is 5.32 Å². The average molecular weight is 271 g/mol. The summed E-state index contributed by atoms with van der Waals surface area (Å²) in [5.41, 5.74) is 0.888. The number of fused-ring (bicyclic) bond motifs is 1. The van der Waals surface area contributed by atoms with Crippen molar-refractivity contribution in [2.45, 2.75) is 32.2 Å². The van der Waals surface area contributed by atoms with Crippen molar-refractivity contribution in [2.24, 2.45) is 5.92 Å². The molecule has 1 aliphatic rings. The summed E-state index contributed by atoms with van der Waals surface area (Å²) in [6, 6.07) is 9.08. The minimum atomic E-state index is -0.384. The Hall–Kier alpha value is -2.17. The smallest absolute Gasteiger partial charge is 0.270 e. The molecule has 0 radical (unpaired) electrons. The minimum Gasteiger partial charge on any atom is -0.367 e. The number of nitro groups is 1. The van der Waals surface area contributed by atoms with Gasteiger partial charge in [-0.25, -0.2) is 4.98 Å². The summed E-state index contributed by atoms with van der Waals surface area (Å²) in [7, 11) is 0. The molecule has 0 bridgehead atoms. The topological polar surface area (TPSA) is 68.1 Å². The monoisotopic (exact) mass is 271 g/mol. The van der Waals surface area contributed by atoms with Gasteiger partial charge in [-0.2, -0.15) is 0 Å². The van der Waals surface area contributed by atoms with Crippen molar-refractivity contribution in [1.82, 2.24) is 4.98 Å². The lowest BCUT2D eigenvalue weighted by molar-refractivity contribution is -0.384. The van der Waals surface area contributed by atoms with Gasteiger partial charge in [0.2, 0.25) is 0 Å². The van der Waals surface area contributed by atoms with Crippen LogP contribution in [0.25, 0.3) is 10.9 Å². The molecule has 1 aromatic heterocycles. The number of anilines is 1. The van der Waals surface area contributed by atoms with Gasteiger partial charge in [-0.1, -0.05) is 13.3 Å². The maximum atomic E-state index is 10.7. The van der Waals surface area contributed by atoms with E-state index in [0.717, 1.165) is 22.6 Å². The Morgan fingerprint density at radius 3 is 3.00 bits per heavy atom. The Balaban J connectivity index is 1.78. The van der Waals surface area contributed by atoms with Gasteiger partial charge in [0.15, 0.2) is 0 Å². The lowest BCUT2D eigenvalue weighted by atomic mass is 10.2. The quantitative estimate of drug-likeness (QED) is 0.664. The molecule has 1 heterocycles. The highest BCUT2D eigenvalue weighted by Gasteiger charge is 2.36. The van der Waals surface area contributed by atoms with E-state index in [2.05, 4.69) is 17.2 Å². The van der Waals surface area contributed by atoms with Crippen molar-refractivity contribution < 1.29 is 4.92 Å². The number of hydrogen-bond acceptors (Lipinski definition) is 4. The molecule has 2 unspecified atom stereocenters. The highest BCUT2D eigenvalue weighted by Crippen LogP contribution is 2.37. The first-order valence-electron chi connectivity index (χ1n) is 6.99. The van der Waals surface area contributed by atoms with Crippen molar-refractivity contribution in [3.63, 3.8) is 0 Å². The number of benzene rings is 1. The van der Waals surface area contributed by atoms with Crippen LogP contribution >= 0.6 is 0 Å². The summed E-state index contributed by atoms with van der Waals surface area (Å²) >= 11 is 0. The fourth-order valence-electron chi connectivity index (χ4n) is 2.61. The van der Waals surface area contributed by atoms with Crippen LogP contribution in [0, 0.1) is 16.0 Å². The zero-order valence-electron chi connectivity index (χ0n) is 11.4. The van der Waals surface area contributed by atoms with Gasteiger partial charge in [0.25, 0.3) is 5.69 Å². The highest BCUT2D eigenvalue weighted by atomic mass is 16.6. The molecule has 1 aromatic carbocycles. The van der Waals surface area contributed by atoms with Crippen LogP contribution in [0.15, 0.2) is 30.3 Å². The normalized spacial score (nSPS) is 20.9. The summed E-state index contributed by atoms with van der Waals surface area (Å²) < 4.78 is 0. The van der Waals surface area contributed by atoms with E-state index in [1.807, 2.05) is 12.1 Å². The molecule has 20 heavy (non-hydrogen) atoms. The predicted molar refractivity (Wildman–Crippen MR) is 78.8 cm³/mol. The van der Waals surface area contributed by atoms with E-state index in [9.17, 15) is 10.1 Å². The largest absolute Gasteiger partial charge is 0.367 e. The molecule has 3 rings (SSSR count). The number of hydrogen-bond donors (Lipinski definition) is 1. The fourth-order valence-corrected chi connectivity index (χ4v) is 2.61. The number of aromatic nitrogens is 1. The van der Waals surface area contributed by atoms with E-state index in [1.165, 1.54) is 25.3 Å². The van der Waals surface area contributed by atoms with E-state index in [0.29, 0.717) is 6.04 Å². The van der Waals surface area contributed by atoms with Gasteiger partial charge in [-0.15, -0.1) is 0 Å². The molecule has 1 fully saturated rings. The van der Waals surface area contributed by atoms with E-state index >= 15 is 0 Å². The van der Waals surface area contributed by atoms with Crippen LogP contribution in [-0.4, -0.2) is 15.9 Å². The summed E-state index contributed by atoms with van der Waals surface area (Å²) in [4.78, 5) is 14.9. The second-order valence-electron chi connectivity index (χ2n) is 5.37. The fraction of sp³-hybridized carbons (Fsp3) is 0.400. The SMILES string of the molecule is CCCC1CC1Nc1ccc2cc([N+](=O)[O-])ccc2n1. The maximum absolute atomic E-state index is 10.7. The lowest BCUT2D eigenvalue weighted by Crippen LogP contribution is -2.06. The molecule has 0 aliphatic heterocycles. The molecule has 2 aromatic rings. The van der Waals surface area contributed by atoms with Gasteiger partial charge in [0.05, 0.1) is 10.4 Å². The first kappa shape index (κ1) is 12.8. The Morgan fingerprint density at radius 1 is 1.40 bits per heavy atom. The zero-order valence-corrected chi connectivity index (χ0v) is 11.4. The Bertz CT molecular complexity index is 657. The second kappa shape index (κ2) is 5.07. The molecule has 0 amide bonds. The van der Waals surface area contributed by atoms with Crippen molar-refractivity contribution >= 4 is 22.4 Å². The maximum Gasteiger partial charge on any atom is 0.270 e. The van der Waals surface area contributed by atoms with Crippen LogP contribution in [0.1, 0.15) is 26.2 Å². The molecular weight excluding hydrogens is 254 g/mol. The number of non-ortho nitro benzene ring substituents is 1. The Labute approximate surface area is 117 Å². The first-order chi connectivity index (χ1) is 9.67. The zero-order chi connectivity index (χ0) is 14.1. The molecular formula is C15H17N3O2. The van der Waals surface area contributed by atoms with E-state index < -0.39 is 0 Å². The highest BCUT2D eigenvalue weighted by molar-refractivity contribution is 5.82. The molecule has 0 saturated heterocycles. The van der Waals surface area contributed by atoms with Crippen LogP contribution in [0.4, 0.5) is 11.5 Å². The number of pyridine rings is 1. The third-order valence-corrected chi connectivity index (χ3v) is 3.80. The average Bonchev–Trinajstić information content (AvgIpc) is 3.16. The van der Waals surface area contributed by atoms with Crippen LogP contribution in [0.2, 0.25) is 0 Å². The Kier molecular flexibility index (Phi) is 3.26. The van der Waals surface area contributed by atoms with Gasteiger partial charge in [0, 0.05) is 23.6 Å². The van der Waals surface area contributed by atoms with Gasteiger partial charge >= 0.3 is 0 Å². The van der Waals surface area contributed by atoms with E-state index in [-0.39, 0.29) is 10.6 Å². The van der Waals surface area contributed by atoms with Gasteiger partial charge in [-0.3, -0.25) is 10.1 Å². The molecule has 2 atom stereocenters. The summed E-state index contributed by atoms with van der Waals surface area (Å²) in [6.45, 7) is 2.20. The molecule has 104 valence electrons. The van der Waals surface area contributed by atoms with Crippen LogP contribution in [-0.2, 0) is 0 Å². The molecule has 0 spiro atoms. The second-order valence-corrected chi connectivity index (χ2v) is 5.37. The van der Waals surface area contributed by atoms with Crippen LogP contribution in [0.5, 0.6) is 0 Å². The number of nitrogens with one attached hydrogen (secondary N) is 1. The number of nitro benzene ring substituents is 1. The molecule has 5 heteroatoms.